The number of benzene rings is 2. The van der Waals surface area contributed by atoms with Gasteiger partial charge in [-0.1, -0.05) is 48.5 Å². The number of nitrogens with zero attached hydrogens (tertiary/aromatic N) is 2. The largest absolute Gasteiger partial charge is 0.478 e. The summed E-state index contributed by atoms with van der Waals surface area (Å²) < 4.78 is 5.66. The first-order valence-corrected chi connectivity index (χ1v) is 9.62. The summed E-state index contributed by atoms with van der Waals surface area (Å²) in [6.07, 6.45) is 0.635. The molecule has 4 rings (SSSR count). The number of carboxylic acid groups (broad SMARTS) is 1. The van der Waals surface area contributed by atoms with Crippen LogP contribution in [0.25, 0.3) is 11.1 Å². The second-order valence-electron chi connectivity index (χ2n) is 6.95. The molecule has 1 aromatic heterocycles. The highest BCUT2D eigenvalue weighted by molar-refractivity contribution is 5.89. The lowest BCUT2D eigenvalue weighted by molar-refractivity contribution is 0.0696. The van der Waals surface area contributed by atoms with E-state index >= 15 is 0 Å². The van der Waals surface area contributed by atoms with Gasteiger partial charge in [0.05, 0.1) is 5.56 Å². The molecule has 7 nitrogen and oxygen atoms in total. The highest BCUT2D eigenvalue weighted by Crippen LogP contribution is 2.44. The van der Waals surface area contributed by atoms with Gasteiger partial charge >= 0.3 is 12.1 Å². The van der Waals surface area contributed by atoms with Crippen molar-refractivity contribution in [3.05, 3.63) is 83.6 Å². The van der Waals surface area contributed by atoms with Gasteiger partial charge in [0.1, 0.15) is 12.4 Å². The number of aromatic carboxylic acids is 1. The van der Waals surface area contributed by atoms with Gasteiger partial charge in [-0.25, -0.2) is 14.6 Å². The molecule has 0 atom stereocenters. The number of pyridine rings is 1. The molecule has 152 valence electrons. The zero-order chi connectivity index (χ0) is 21.1. The lowest BCUT2D eigenvalue weighted by atomic mass is 9.98. The summed E-state index contributed by atoms with van der Waals surface area (Å²) in [7, 11) is 0. The molecule has 0 radical (unpaired) electrons. The Bertz CT molecular complexity index is 1040. The average molecular weight is 403 g/mol. The summed E-state index contributed by atoms with van der Waals surface area (Å²) in [6.45, 7) is 0.601. The van der Waals surface area contributed by atoms with Crippen molar-refractivity contribution in [2.24, 2.45) is 5.73 Å². The van der Waals surface area contributed by atoms with E-state index in [0.717, 1.165) is 22.3 Å². The molecule has 0 saturated carbocycles. The van der Waals surface area contributed by atoms with Crippen LogP contribution in [-0.4, -0.2) is 41.8 Å². The maximum absolute atomic E-state index is 12.8. The van der Waals surface area contributed by atoms with Crippen LogP contribution in [0.15, 0.2) is 66.9 Å². The van der Waals surface area contributed by atoms with Crippen molar-refractivity contribution in [1.29, 1.82) is 0 Å². The molecule has 1 heterocycles. The quantitative estimate of drug-likeness (QED) is 0.653. The van der Waals surface area contributed by atoms with Crippen molar-refractivity contribution in [3.8, 4) is 11.1 Å². The molecule has 0 bridgehead atoms. The third-order valence-electron chi connectivity index (χ3n) is 5.18. The Kier molecular flexibility index (Phi) is 5.45. The summed E-state index contributed by atoms with van der Waals surface area (Å²) in [5.74, 6) is -0.841. The molecule has 1 amide bonds. The third kappa shape index (κ3) is 3.62. The molecule has 30 heavy (non-hydrogen) atoms. The molecule has 7 heteroatoms. The van der Waals surface area contributed by atoms with Crippen LogP contribution in [-0.2, 0) is 4.74 Å². The van der Waals surface area contributed by atoms with E-state index in [2.05, 4.69) is 29.2 Å². The lowest BCUT2D eigenvalue weighted by Gasteiger charge is -2.22. The number of fused-ring (bicyclic) bond motifs is 3. The van der Waals surface area contributed by atoms with Crippen molar-refractivity contribution in [2.75, 3.05) is 24.6 Å². The van der Waals surface area contributed by atoms with Crippen molar-refractivity contribution < 1.29 is 19.4 Å². The third-order valence-corrected chi connectivity index (χ3v) is 5.18. The second-order valence-corrected chi connectivity index (χ2v) is 6.95. The first-order valence-electron chi connectivity index (χ1n) is 9.62. The van der Waals surface area contributed by atoms with Gasteiger partial charge in [-0.2, -0.15) is 0 Å². The predicted molar refractivity (Wildman–Crippen MR) is 113 cm³/mol. The Labute approximate surface area is 173 Å². The molecule has 0 spiro atoms. The minimum Gasteiger partial charge on any atom is -0.478 e. The number of hydrogen-bond acceptors (Lipinski definition) is 5. The summed E-state index contributed by atoms with van der Waals surface area (Å²) in [4.78, 5) is 29.3. The van der Waals surface area contributed by atoms with E-state index in [-0.39, 0.29) is 31.2 Å². The fourth-order valence-electron chi connectivity index (χ4n) is 3.77. The molecular formula is C23H21N3O4. The molecule has 2 aromatic carbocycles. The molecule has 0 unspecified atom stereocenters. The number of carbonyl (C=O) groups excluding carboxylic acids is 1. The van der Waals surface area contributed by atoms with Crippen LogP contribution in [0.4, 0.5) is 10.6 Å². The molecule has 3 aromatic rings. The molecule has 1 aliphatic rings. The Morgan fingerprint density at radius 3 is 2.17 bits per heavy atom. The van der Waals surface area contributed by atoms with E-state index in [1.807, 2.05) is 24.3 Å². The van der Waals surface area contributed by atoms with Gasteiger partial charge in [0, 0.05) is 25.2 Å². The Morgan fingerprint density at radius 2 is 1.63 bits per heavy atom. The summed E-state index contributed by atoms with van der Waals surface area (Å²) in [5.41, 5.74) is 10.3. The monoisotopic (exact) mass is 403 g/mol. The van der Waals surface area contributed by atoms with Gasteiger partial charge in [0.15, 0.2) is 0 Å². The highest BCUT2D eigenvalue weighted by Gasteiger charge is 2.30. The van der Waals surface area contributed by atoms with Crippen LogP contribution in [0.5, 0.6) is 0 Å². The Morgan fingerprint density at radius 1 is 1.00 bits per heavy atom. The number of anilines is 1. The van der Waals surface area contributed by atoms with Crippen LogP contribution in [0.1, 0.15) is 27.4 Å². The molecular weight excluding hydrogens is 382 g/mol. The Balaban J connectivity index is 1.53. The second kappa shape index (κ2) is 8.34. The molecule has 3 N–H and O–H groups in total. The zero-order valence-corrected chi connectivity index (χ0v) is 16.2. The lowest BCUT2D eigenvalue weighted by Crippen LogP contribution is -2.37. The number of aromatic nitrogens is 1. The summed E-state index contributed by atoms with van der Waals surface area (Å²) in [6, 6.07) is 19.1. The number of rotatable bonds is 6. The molecule has 0 saturated heterocycles. The number of nitrogens with two attached hydrogens (primary N) is 1. The van der Waals surface area contributed by atoms with E-state index in [9.17, 15) is 9.59 Å². The van der Waals surface area contributed by atoms with Gasteiger partial charge in [-0.05, 0) is 34.4 Å². The molecule has 1 aliphatic carbocycles. The van der Waals surface area contributed by atoms with Crippen molar-refractivity contribution >= 4 is 17.9 Å². The van der Waals surface area contributed by atoms with E-state index in [0.29, 0.717) is 5.82 Å². The molecule has 0 fully saturated rings. The minimum absolute atomic E-state index is 0.0407. The topological polar surface area (TPSA) is 106 Å². The fraction of sp³-hybridized carbons (Fsp3) is 0.174. The van der Waals surface area contributed by atoms with E-state index in [1.165, 1.54) is 23.2 Å². The summed E-state index contributed by atoms with van der Waals surface area (Å²) >= 11 is 0. The van der Waals surface area contributed by atoms with E-state index < -0.39 is 12.1 Å². The number of hydrogen-bond donors (Lipinski definition) is 2. The van der Waals surface area contributed by atoms with Crippen molar-refractivity contribution in [2.45, 2.75) is 5.92 Å². The van der Waals surface area contributed by atoms with Gasteiger partial charge in [-0.15, -0.1) is 0 Å². The van der Waals surface area contributed by atoms with Gasteiger partial charge < -0.3 is 15.6 Å². The van der Waals surface area contributed by atoms with E-state index in [1.54, 1.807) is 0 Å². The number of carboxylic acids is 1. The van der Waals surface area contributed by atoms with Crippen molar-refractivity contribution in [1.82, 2.24) is 4.98 Å². The van der Waals surface area contributed by atoms with Crippen LogP contribution in [0.3, 0.4) is 0 Å². The predicted octanol–water partition coefficient (Wildman–Crippen LogP) is 3.49. The maximum atomic E-state index is 12.8. The highest BCUT2D eigenvalue weighted by atomic mass is 16.6. The van der Waals surface area contributed by atoms with Gasteiger partial charge in [-0.3, -0.25) is 4.90 Å². The normalized spacial score (nSPS) is 12.2. The smallest absolute Gasteiger partial charge is 0.415 e. The van der Waals surface area contributed by atoms with Crippen LogP contribution in [0.2, 0.25) is 0 Å². The van der Waals surface area contributed by atoms with Gasteiger partial charge in [0.25, 0.3) is 0 Å². The van der Waals surface area contributed by atoms with Crippen LogP contribution < -0.4 is 10.6 Å². The SMILES string of the molecule is NCCN(C(=O)OCC1c2ccccc2-c2ccccc21)c1ccc(C(=O)O)cn1. The fourth-order valence-corrected chi connectivity index (χ4v) is 3.77. The molecule has 0 aliphatic heterocycles. The van der Waals surface area contributed by atoms with E-state index in [4.69, 9.17) is 15.6 Å². The Hall–Kier alpha value is -3.71. The van der Waals surface area contributed by atoms with Crippen LogP contribution >= 0.6 is 0 Å². The van der Waals surface area contributed by atoms with Crippen LogP contribution in [0, 0.1) is 0 Å². The first-order chi connectivity index (χ1) is 14.6. The van der Waals surface area contributed by atoms with Crippen molar-refractivity contribution in [3.63, 3.8) is 0 Å². The standard InChI is InChI=1S/C23H21N3O4/c24-11-12-26(21-10-9-15(13-25-21)22(27)28)23(29)30-14-20-18-7-3-1-5-16(18)17-6-2-4-8-19(17)20/h1-10,13,20H,11-12,14,24H2,(H,27,28). The number of carbonyl (C=O) groups is 2. The summed E-state index contributed by atoms with van der Waals surface area (Å²) in [5, 5.41) is 9.03. The number of amides is 1. The number of ether oxygens (including phenoxy) is 1. The minimum atomic E-state index is -1.08. The van der Waals surface area contributed by atoms with Gasteiger partial charge in [0.2, 0.25) is 0 Å². The first kappa shape index (κ1) is 19.6. The average Bonchev–Trinajstić information content (AvgIpc) is 3.10. The zero-order valence-electron chi connectivity index (χ0n) is 16.2. The maximum Gasteiger partial charge on any atom is 0.415 e.